The highest BCUT2D eigenvalue weighted by Gasteiger charge is 2.40. The minimum atomic E-state index is -1.04. The molecule has 8 nitrogen and oxygen atoms in total. The first-order chi connectivity index (χ1) is 16.4. The number of aliphatic hydroxyl groups is 2. The molecule has 2 rings (SSSR count). The summed E-state index contributed by atoms with van der Waals surface area (Å²) in [5.41, 5.74) is 0.404. The van der Waals surface area contributed by atoms with E-state index in [2.05, 4.69) is 34.5 Å². The lowest BCUT2D eigenvalue weighted by molar-refractivity contribution is -0.139. The van der Waals surface area contributed by atoms with Crippen LogP contribution in [0.3, 0.4) is 0 Å². The minimum absolute atomic E-state index is 0.102. The molecule has 0 heterocycles. The maximum atomic E-state index is 13.2. The summed E-state index contributed by atoms with van der Waals surface area (Å²) in [6, 6.07) is 6.74. The van der Waals surface area contributed by atoms with Crippen molar-refractivity contribution in [1.29, 1.82) is 0 Å². The Kier molecular flexibility index (Phi) is 12.6. The molecule has 0 aromatic heterocycles. The lowest BCUT2D eigenvalue weighted by atomic mass is 9.88. The van der Waals surface area contributed by atoms with Crippen LogP contribution < -0.4 is 10.1 Å². The predicted molar refractivity (Wildman–Crippen MR) is 138 cm³/mol. The molecule has 3 N–H and O–H groups in total. The molecule has 0 saturated carbocycles. The molecule has 3 atom stereocenters. The van der Waals surface area contributed by atoms with E-state index >= 15 is 0 Å². The van der Waals surface area contributed by atoms with Gasteiger partial charge in [-0.05, 0) is 60.1 Å². The zero-order valence-corrected chi connectivity index (χ0v) is 21.8. The zero-order chi connectivity index (χ0) is 24.9. The minimum Gasteiger partial charge on any atom is -0.482 e. The first-order valence-electron chi connectivity index (χ1n) is 11.5. The van der Waals surface area contributed by atoms with E-state index < -0.39 is 18.2 Å². The summed E-state index contributed by atoms with van der Waals surface area (Å²) in [7, 11) is 1.56. The highest BCUT2D eigenvalue weighted by molar-refractivity contribution is 14.1. The molecule has 0 saturated heterocycles. The second-order valence-corrected chi connectivity index (χ2v) is 9.22. The Morgan fingerprint density at radius 1 is 1.32 bits per heavy atom. The van der Waals surface area contributed by atoms with Gasteiger partial charge in [0.1, 0.15) is 18.0 Å². The number of carbonyl (C=O) groups is 2. The fraction of sp³-hybridized carbons (Fsp3) is 0.520. The Morgan fingerprint density at radius 2 is 2.09 bits per heavy atom. The molecule has 34 heavy (non-hydrogen) atoms. The Bertz CT molecular complexity index is 846. The van der Waals surface area contributed by atoms with E-state index in [1.807, 2.05) is 24.3 Å². The molecule has 1 aromatic rings. The molecule has 1 aliphatic rings. The summed E-state index contributed by atoms with van der Waals surface area (Å²) < 4.78 is 12.2. The Balaban J connectivity index is 2.31. The zero-order valence-electron chi connectivity index (χ0n) is 19.6. The van der Waals surface area contributed by atoms with Gasteiger partial charge in [0.2, 0.25) is 11.8 Å². The normalized spacial score (nSPS) is 19.8. The first-order valence-corrected chi connectivity index (χ1v) is 12.6. The average Bonchev–Trinajstić information content (AvgIpc) is 2.83. The number of aliphatic hydroxyl groups excluding tert-OH is 2. The van der Waals surface area contributed by atoms with E-state index in [4.69, 9.17) is 14.6 Å². The maximum Gasteiger partial charge on any atom is 0.247 e. The number of allylic oxidation sites excluding steroid dienone is 1. The number of halogens is 1. The van der Waals surface area contributed by atoms with Crippen LogP contribution in [-0.4, -0.2) is 78.6 Å². The number of benzene rings is 1. The number of para-hydroxylation sites is 1. The summed E-state index contributed by atoms with van der Waals surface area (Å²) in [6.07, 6.45) is 4.47. The van der Waals surface area contributed by atoms with Crippen LogP contribution in [-0.2, 0) is 14.3 Å². The van der Waals surface area contributed by atoms with Gasteiger partial charge in [-0.25, -0.2) is 0 Å². The largest absolute Gasteiger partial charge is 0.482 e. The van der Waals surface area contributed by atoms with E-state index in [0.29, 0.717) is 37.3 Å². The van der Waals surface area contributed by atoms with Crippen molar-refractivity contribution in [2.75, 3.05) is 33.4 Å². The third-order valence-electron chi connectivity index (χ3n) is 5.62. The lowest BCUT2D eigenvalue weighted by Gasteiger charge is -2.40. The lowest BCUT2D eigenvalue weighted by Crippen LogP contribution is -2.55. The van der Waals surface area contributed by atoms with Gasteiger partial charge < -0.3 is 29.9 Å². The molecule has 0 radical (unpaired) electrons. The number of carbonyl (C=O) groups excluding carboxylic acids is 2. The summed E-state index contributed by atoms with van der Waals surface area (Å²) in [5, 5.41) is 23.0. The predicted octanol–water partition coefficient (Wildman–Crippen LogP) is 2.43. The topological polar surface area (TPSA) is 108 Å². The molecule has 2 amide bonds. The van der Waals surface area contributed by atoms with Gasteiger partial charge in [0, 0.05) is 38.6 Å². The average molecular weight is 586 g/mol. The van der Waals surface area contributed by atoms with Crippen molar-refractivity contribution in [3.63, 3.8) is 0 Å². The van der Waals surface area contributed by atoms with E-state index in [-0.39, 0.29) is 31.4 Å². The number of hydrogen-bond acceptors (Lipinski definition) is 6. The van der Waals surface area contributed by atoms with Gasteiger partial charge in [0.15, 0.2) is 0 Å². The number of methoxy groups -OCH3 is 1. The van der Waals surface area contributed by atoms with Gasteiger partial charge >= 0.3 is 0 Å². The van der Waals surface area contributed by atoms with Gasteiger partial charge in [-0.15, -0.1) is 6.58 Å². The molecular formula is C25H35IN2O6. The van der Waals surface area contributed by atoms with Crippen LogP contribution in [0.15, 0.2) is 48.6 Å². The number of unbranched alkanes of at least 4 members (excludes halogenated alkanes) is 2. The van der Waals surface area contributed by atoms with Gasteiger partial charge in [0.05, 0.1) is 22.8 Å². The second kappa shape index (κ2) is 15.1. The van der Waals surface area contributed by atoms with Gasteiger partial charge in [0.25, 0.3) is 0 Å². The second-order valence-electron chi connectivity index (χ2n) is 8.06. The molecule has 0 spiro atoms. The highest BCUT2D eigenvalue weighted by atomic mass is 127. The molecule has 0 aliphatic heterocycles. The molecule has 188 valence electrons. The van der Waals surface area contributed by atoms with Crippen molar-refractivity contribution < 1.29 is 29.3 Å². The Morgan fingerprint density at radius 3 is 2.76 bits per heavy atom. The summed E-state index contributed by atoms with van der Waals surface area (Å²) in [5.74, 6) is 0.126. The van der Waals surface area contributed by atoms with Crippen LogP contribution in [0.4, 0.5) is 0 Å². The number of rotatable bonds is 14. The highest BCUT2D eigenvalue weighted by Crippen LogP contribution is 2.30. The van der Waals surface area contributed by atoms with Crippen molar-refractivity contribution in [2.24, 2.45) is 0 Å². The van der Waals surface area contributed by atoms with Gasteiger partial charge in [-0.2, -0.15) is 0 Å². The number of nitrogens with zero attached hydrogens (tertiary/aromatic N) is 1. The monoisotopic (exact) mass is 586 g/mol. The van der Waals surface area contributed by atoms with Crippen molar-refractivity contribution in [1.82, 2.24) is 10.2 Å². The quantitative estimate of drug-likeness (QED) is 0.176. The third-order valence-corrected chi connectivity index (χ3v) is 6.51. The van der Waals surface area contributed by atoms with Crippen LogP contribution in [0.5, 0.6) is 5.75 Å². The van der Waals surface area contributed by atoms with Crippen LogP contribution in [0, 0.1) is 3.57 Å². The summed E-state index contributed by atoms with van der Waals surface area (Å²) in [6.45, 7) is 4.24. The third kappa shape index (κ3) is 8.37. The van der Waals surface area contributed by atoms with Crippen LogP contribution in [0.1, 0.15) is 32.1 Å². The fourth-order valence-corrected chi connectivity index (χ4v) is 4.35. The Labute approximate surface area is 215 Å². The standard InChI is InChI=1S/C25H35IN2O6/c1-3-4-5-6-11-23(30)28(13-15-33-2)20-16-18(25(32)27-12-14-29)17-22(24(20)31)34-21-10-8-7-9-19(21)26/h3,7-10,17,20,22,24,29,31H,1,4-6,11-16H2,2H3,(H,27,32). The van der Waals surface area contributed by atoms with Crippen molar-refractivity contribution in [3.8, 4) is 5.75 Å². The van der Waals surface area contributed by atoms with Crippen LogP contribution in [0.2, 0.25) is 0 Å². The van der Waals surface area contributed by atoms with Gasteiger partial charge in [-0.3, -0.25) is 9.59 Å². The van der Waals surface area contributed by atoms with Crippen molar-refractivity contribution in [3.05, 3.63) is 52.1 Å². The number of hydrogen-bond donors (Lipinski definition) is 3. The SMILES string of the molecule is C=CCCCCC(=O)N(CCOC)C1CC(C(=O)NCCO)=CC(Oc2ccccc2I)C1O. The molecule has 0 bridgehead atoms. The van der Waals surface area contributed by atoms with E-state index in [9.17, 15) is 14.7 Å². The smallest absolute Gasteiger partial charge is 0.247 e. The van der Waals surface area contributed by atoms with E-state index in [1.165, 1.54) is 0 Å². The number of amides is 2. The molecule has 0 fully saturated rings. The Hall–Kier alpha value is -1.95. The molecular weight excluding hydrogens is 551 g/mol. The first kappa shape index (κ1) is 28.3. The van der Waals surface area contributed by atoms with Crippen molar-refractivity contribution in [2.45, 2.75) is 50.4 Å². The van der Waals surface area contributed by atoms with Crippen LogP contribution in [0.25, 0.3) is 0 Å². The van der Waals surface area contributed by atoms with E-state index in [0.717, 1.165) is 16.4 Å². The molecule has 3 unspecified atom stereocenters. The molecule has 1 aliphatic carbocycles. The van der Waals surface area contributed by atoms with E-state index in [1.54, 1.807) is 24.2 Å². The summed E-state index contributed by atoms with van der Waals surface area (Å²) in [4.78, 5) is 27.5. The number of nitrogens with one attached hydrogen (secondary N) is 1. The molecule has 1 aromatic carbocycles. The fourth-order valence-electron chi connectivity index (χ4n) is 3.84. The van der Waals surface area contributed by atoms with Gasteiger partial charge in [-0.1, -0.05) is 18.2 Å². The molecule has 9 heteroatoms. The maximum absolute atomic E-state index is 13.2. The van der Waals surface area contributed by atoms with Crippen LogP contribution >= 0.6 is 22.6 Å². The van der Waals surface area contributed by atoms with Crippen molar-refractivity contribution >= 4 is 34.4 Å². The number of ether oxygens (including phenoxy) is 2. The summed E-state index contributed by atoms with van der Waals surface area (Å²) >= 11 is 2.15.